The molecule has 1 atom stereocenters. The highest BCUT2D eigenvalue weighted by atomic mass is 32.2. The van der Waals surface area contributed by atoms with Crippen molar-refractivity contribution in [2.75, 3.05) is 5.75 Å². The summed E-state index contributed by atoms with van der Waals surface area (Å²) >= 11 is 1.91. The highest BCUT2D eigenvalue weighted by Crippen LogP contribution is 2.39. The number of benzene rings is 5. The number of rotatable bonds is 7. The van der Waals surface area contributed by atoms with Crippen LogP contribution in [0.4, 0.5) is 0 Å². The summed E-state index contributed by atoms with van der Waals surface area (Å²) in [6, 6.07) is 45.7. The van der Waals surface area contributed by atoms with Gasteiger partial charge in [0.25, 0.3) is 0 Å². The van der Waals surface area contributed by atoms with Gasteiger partial charge in [0.1, 0.15) is 0 Å². The Balaban J connectivity index is 1.14. The number of nitrogens with zero attached hydrogens (tertiary/aromatic N) is 3. The Morgan fingerprint density at radius 1 is 0.680 bits per heavy atom. The van der Waals surface area contributed by atoms with E-state index in [0.29, 0.717) is 0 Å². The molecule has 1 aliphatic heterocycles. The lowest BCUT2D eigenvalue weighted by molar-refractivity contribution is 0.787. The van der Waals surface area contributed by atoms with Gasteiger partial charge < -0.3 is 0 Å². The van der Waals surface area contributed by atoms with E-state index in [1.54, 1.807) is 0 Å². The van der Waals surface area contributed by atoms with E-state index in [9.17, 15) is 0 Å². The van der Waals surface area contributed by atoms with Gasteiger partial charge in [0.2, 0.25) is 5.95 Å². The largest absolute Gasteiger partial charge is 0.278 e. The number of allylic oxidation sites excluding steroid dienone is 7. The van der Waals surface area contributed by atoms with Crippen molar-refractivity contribution in [1.29, 1.82) is 0 Å². The second-order valence-electron chi connectivity index (χ2n) is 12.9. The molecule has 3 heterocycles. The Kier molecular flexibility index (Phi) is 8.08. The number of fused-ring (bicyclic) bond motifs is 4. The van der Waals surface area contributed by atoms with Gasteiger partial charge in [0.15, 0.2) is 0 Å². The van der Waals surface area contributed by atoms with Crippen LogP contribution in [0.1, 0.15) is 29.3 Å². The first-order chi connectivity index (χ1) is 24.8. The molecule has 9 rings (SSSR count). The molecule has 2 aromatic heterocycles. The number of thioether (sulfide) groups is 1. The second-order valence-corrected chi connectivity index (χ2v) is 13.9. The minimum atomic E-state index is 0.211. The quantitative estimate of drug-likeness (QED) is 0.170. The Hall–Kier alpha value is -5.71. The van der Waals surface area contributed by atoms with Crippen LogP contribution in [-0.2, 0) is 6.42 Å². The predicted octanol–water partition coefficient (Wildman–Crippen LogP) is 11.8. The molecule has 1 aliphatic carbocycles. The zero-order valence-corrected chi connectivity index (χ0v) is 28.4. The maximum atomic E-state index is 5.30. The highest BCUT2D eigenvalue weighted by molar-refractivity contribution is 8.00. The van der Waals surface area contributed by atoms with Crippen LogP contribution in [0, 0.1) is 0 Å². The first-order valence-corrected chi connectivity index (χ1v) is 18.3. The average Bonchev–Trinajstić information content (AvgIpc) is 3.76. The summed E-state index contributed by atoms with van der Waals surface area (Å²) < 4.78 is 2.27. The molecule has 0 bridgehead atoms. The SMILES string of the molecule is C1=CCC(c2cc(C/C=C\C=C3/CSc4ccccc43)nc(-n3c4ccccc4c4ccc(-c5cccc(-c6ccccc6)c5)cc43)n2)C=C1. The molecule has 240 valence electrons. The second kappa shape index (κ2) is 13.3. The Bertz CT molecular complexity index is 2500. The van der Waals surface area contributed by atoms with Crippen molar-refractivity contribution in [3.05, 3.63) is 187 Å². The van der Waals surface area contributed by atoms with Crippen LogP contribution in [0.2, 0.25) is 0 Å². The minimum Gasteiger partial charge on any atom is -0.278 e. The predicted molar refractivity (Wildman–Crippen MR) is 211 cm³/mol. The summed E-state index contributed by atoms with van der Waals surface area (Å²) in [6.07, 6.45) is 17.1. The van der Waals surface area contributed by atoms with Crippen molar-refractivity contribution in [2.24, 2.45) is 0 Å². The van der Waals surface area contributed by atoms with Gasteiger partial charge in [-0.15, -0.1) is 11.8 Å². The van der Waals surface area contributed by atoms with E-state index in [2.05, 4.69) is 174 Å². The lowest BCUT2D eigenvalue weighted by Gasteiger charge is -2.16. The van der Waals surface area contributed by atoms with Crippen LogP contribution in [0.15, 0.2) is 175 Å². The van der Waals surface area contributed by atoms with E-state index in [1.165, 1.54) is 49.1 Å². The zero-order chi connectivity index (χ0) is 33.3. The third-order valence-electron chi connectivity index (χ3n) is 9.70. The Morgan fingerprint density at radius 3 is 2.36 bits per heavy atom. The molecule has 0 spiro atoms. The fourth-order valence-electron chi connectivity index (χ4n) is 7.18. The van der Waals surface area contributed by atoms with Crippen LogP contribution < -0.4 is 0 Å². The van der Waals surface area contributed by atoms with Crippen LogP contribution in [0.25, 0.3) is 55.6 Å². The summed E-state index contributed by atoms with van der Waals surface area (Å²) in [6.45, 7) is 0. The van der Waals surface area contributed by atoms with Crippen LogP contribution in [0.3, 0.4) is 0 Å². The molecule has 50 heavy (non-hydrogen) atoms. The number of hydrogen-bond acceptors (Lipinski definition) is 3. The van der Waals surface area contributed by atoms with E-state index >= 15 is 0 Å². The van der Waals surface area contributed by atoms with Crippen molar-refractivity contribution in [3.63, 3.8) is 0 Å². The minimum absolute atomic E-state index is 0.211. The summed E-state index contributed by atoms with van der Waals surface area (Å²) in [5, 5.41) is 2.39. The van der Waals surface area contributed by atoms with Gasteiger partial charge in [-0.05, 0) is 70.1 Å². The molecule has 5 aromatic carbocycles. The van der Waals surface area contributed by atoms with Gasteiger partial charge in [-0.1, -0.05) is 140 Å². The summed E-state index contributed by atoms with van der Waals surface area (Å²) in [7, 11) is 0. The molecule has 0 amide bonds. The van der Waals surface area contributed by atoms with Gasteiger partial charge >= 0.3 is 0 Å². The molecule has 2 aliphatic rings. The van der Waals surface area contributed by atoms with E-state index < -0.39 is 0 Å². The van der Waals surface area contributed by atoms with Crippen molar-refractivity contribution in [2.45, 2.75) is 23.7 Å². The van der Waals surface area contributed by atoms with E-state index in [1.807, 2.05) is 11.8 Å². The van der Waals surface area contributed by atoms with Gasteiger partial charge in [0, 0.05) is 33.8 Å². The normalized spacial score (nSPS) is 16.2. The lowest BCUT2D eigenvalue weighted by atomic mass is 9.96. The summed E-state index contributed by atoms with van der Waals surface area (Å²) in [5.41, 5.74) is 11.8. The monoisotopic (exact) mass is 661 g/mol. The maximum absolute atomic E-state index is 5.30. The lowest BCUT2D eigenvalue weighted by Crippen LogP contribution is -2.09. The van der Waals surface area contributed by atoms with Crippen molar-refractivity contribution < 1.29 is 0 Å². The molecule has 4 heteroatoms. The van der Waals surface area contributed by atoms with Crippen LogP contribution in [-0.4, -0.2) is 20.3 Å². The van der Waals surface area contributed by atoms with Crippen molar-refractivity contribution >= 4 is 39.1 Å². The maximum Gasteiger partial charge on any atom is 0.235 e. The van der Waals surface area contributed by atoms with E-state index in [4.69, 9.17) is 9.97 Å². The molecule has 0 saturated heterocycles. The van der Waals surface area contributed by atoms with Gasteiger partial charge in [-0.3, -0.25) is 4.57 Å². The average molecular weight is 662 g/mol. The molecule has 1 unspecified atom stereocenters. The standard InChI is InChI=1S/C46H35N3S/c1-3-14-32(15-4-1)34-19-13-20-35(28-34)36-26-27-41-40-23-9-11-24-43(40)49(44(41)29-36)46-47-38(30-42(48-46)33-16-5-2-6-17-33)21-8-7-18-37-31-50-45-25-12-10-22-39(37)45/h1-16,18-20,22-30,33H,17,21,31H2/b8-7-,37-18+. The highest BCUT2D eigenvalue weighted by Gasteiger charge is 2.19. The third-order valence-corrected chi connectivity index (χ3v) is 10.8. The fourth-order valence-corrected chi connectivity index (χ4v) is 8.27. The van der Waals surface area contributed by atoms with Gasteiger partial charge in [-0.25, -0.2) is 9.97 Å². The number of hydrogen-bond donors (Lipinski definition) is 0. The third kappa shape index (κ3) is 5.82. The van der Waals surface area contributed by atoms with Gasteiger partial charge in [0.05, 0.1) is 22.4 Å². The van der Waals surface area contributed by atoms with E-state index in [-0.39, 0.29) is 5.92 Å². The molecule has 0 saturated carbocycles. The first kappa shape index (κ1) is 30.4. The van der Waals surface area contributed by atoms with Crippen molar-refractivity contribution in [1.82, 2.24) is 14.5 Å². The first-order valence-electron chi connectivity index (χ1n) is 17.3. The molecular formula is C46H35N3S. The molecule has 3 nitrogen and oxygen atoms in total. The summed E-state index contributed by atoms with van der Waals surface area (Å²) in [4.78, 5) is 11.9. The smallest absolute Gasteiger partial charge is 0.235 e. The van der Waals surface area contributed by atoms with Gasteiger partial charge in [-0.2, -0.15) is 0 Å². The topological polar surface area (TPSA) is 30.7 Å². The number of aromatic nitrogens is 3. The molecule has 0 radical (unpaired) electrons. The van der Waals surface area contributed by atoms with E-state index in [0.717, 1.165) is 47.0 Å². The summed E-state index contributed by atoms with van der Waals surface area (Å²) in [5.74, 6) is 1.94. The van der Waals surface area contributed by atoms with Crippen LogP contribution in [0.5, 0.6) is 0 Å². The Morgan fingerprint density at radius 2 is 1.46 bits per heavy atom. The fraction of sp³-hybridized carbons (Fsp3) is 0.0870. The molecule has 0 fully saturated rings. The molecular weight excluding hydrogens is 627 g/mol. The number of para-hydroxylation sites is 1. The van der Waals surface area contributed by atoms with Crippen molar-refractivity contribution in [3.8, 4) is 28.2 Å². The Labute approximate surface area is 297 Å². The zero-order valence-electron chi connectivity index (χ0n) is 27.6. The van der Waals surface area contributed by atoms with Crippen LogP contribution >= 0.6 is 11.8 Å². The molecule has 0 N–H and O–H groups in total. The molecule has 7 aromatic rings.